The zero-order chi connectivity index (χ0) is 25.5. The fraction of sp³-hybridized carbons (Fsp3) is 0.333. The van der Waals surface area contributed by atoms with Crippen LogP contribution in [0.1, 0.15) is 12.8 Å². The molecule has 10 heteroatoms. The molecule has 6 rings (SSSR count). The number of carbonyl (C=O) groups is 3. The number of hydrogen-bond acceptors (Lipinski definition) is 6. The average Bonchev–Trinajstić information content (AvgIpc) is 3.54. The smallest absolute Gasteiger partial charge is 0.326 e. The highest BCUT2D eigenvalue weighted by atomic mass is 32.2. The third-order valence-corrected chi connectivity index (χ3v) is 8.80. The average molecular weight is 517 g/mol. The third kappa shape index (κ3) is 4.30. The molecule has 0 saturated carbocycles. The molecule has 0 bridgehead atoms. The maximum atomic E-state index is 13.5. The molecule has 4 aliphatic rings. The number of urea groups is 1. The molecule has 4 amide bonds. The fourth-order valence-corrected chi connectivity index (χ4v) is 7.12. The second-order valence-electron chi connectivity index (χ2n) is 9.63. The van der Waals surface area contributed by atoms with E-state index < -0.39 is 0 Å². The Labute approximate surface area is 219 Å². The molecular formula is C27H28N6O3S. The van der Waals surface area contributed by atoms with Gasteiger partial charge in [0.05, 0.1) is 22.0 Å². The summed E-state index contributed by atoms with van der Waals surface area (Å²) in [5.41, 5.74) is 3.28. The second kappa shape index (κ2) is 9.68. The Morgan fingerprint density at radius 3 is 2.84 bits per heavy atom. The van der Waals surface area contributed by atoms with Crippen LogP contribution in [-0.4, -0.2) is 64.8 Å². The molecule has 3 saturated heterocycles. The van der Waals surface area contributed by atoms with Gasteiger partial charge in [0.15, 0.2) is 0 Å². The highest BCUT2D eigenvalue weighted by molar-refractivity contribution is 8.04. The van der Waals surface area contributed by atoms with Crippen molar-refractivity contribution in [3.8, 4) is 11.3 Å². The van der Waals surface area contributed by atoms with Crippen molar-refractivity contribution in [2.45, 2.75) is 30.3 Å². The van der Waals surface area contributed by atoms with Crippen LogP contribution in [0.25, 0.3) is 11.3 Å². The SMILES string of the molecule is C=CC(=O)N1CC[C@@H](NC(=O)C2=C3NC(=O)N(c4ccnc(-c5ccccc5)c4)C4CCNC(S2)C34)C1. The molecule has 190 valence electrons. The lowest BCUT2D eigenvalue weighted by Crippen LogP contribution is -2.62. The van der Waals surface area contributed by atoms with Crippen molar-refractivity contribution in [1.82, 2.24) is 25.8 Å². The molecule has 0 aliphatic carbocycles. The number of thioether (sulfide) groups is 1. The molecule has 3 unspecified atom stereocenters. The summed E-state index contributed by atoms with van der Waals surface area (Å²) in [5, 5.41) is 9.66. The molecule has 4 aliphatic heterocycles. The summed E-state index contributed by atoms with van der Waals surface area (Å²) in [7, 11) is 0. The number of piperidine rings is 1. The molecular weight excluding hydrogens is 488 g/mol. The number of rotatable bonds is 5. The molecule has 1 aromatic heterocycles. The van der Waals surface area contributed by atoms with E-state index in [2.05, 4.69) is 27.5 Å². The number of carbonyl (C=O) groups excluding carboxylic acids is 3. The van der Waals surface area contributed by atoms with Crippen LogP contribution in [-0.2, 0) is 9.59 Å². The van der Waals surface area contributed by atoms with Gasteiger partial charge in [0, 0.05) is 48.2 Å². The first-order valence-electron chi connectivity index (χ1n) is 12.5. The summed E-state index contributed by atoms with van der Waals surface area (Å²) < 4.78 is 0. The van der Waals surface area contributed by atoms with Crippen LogP contribution >= 0.6 is 11.8 Å². The van der Waals surface area contributed by atoms with E-state index in [1.54, 1.807) is 11.1 Å². The van der Waals surface area contributed by atoms with Gasteiger partial charge in [-0.3, -0.25) is 19.5 Å². The van der Waals surface area contributed by atoms with E-state index in [4.69, 9.17) is 0 Å². The Balaban J connectivity index is 1.25. The minimum atomic E-state index is -0.237. The summed E-state index contributed by atoms with van der Waals surface area (Å²) in [6, 6.07) is 13.3. The van der Waals surface area contributed by atoms with Gasteiger partial charge in [0.1, 0.15) is 0 Å². The van der Waals surface area contributed by atoms with Crippen molar-refractivity contribution in [3.05, 3.63) is 71.9 Å². The van der Waals surface area contributed by atoms with Gasteiger partial charge < -0.3 is 20.9 Å². The zero-order valence-electron chi connectivity index (χ0n) is 20.2. The van der Waals surface area contributed by atoms with E-state index in [-0.39, 0.29) is 41.2 Å². The quantitative estimate of drug-likeness (QED) is 0.527. The first kappa shape index (κ1) is 23.7. The van der Waals surface area contributed by atoms with E-state index in [9.17, 15) is 14.4 Å². The van der Waals surface area contributed by atoms with Gasteiger partial charge in [0.25, 0.3) is 5.91 Å². The van der Waals surface area contributed by atoms with Crippen LogP contribution in [0, 0.1) is 5.92 Å². The van der Waals surface area contributed by atoms with E-state index in [1.807, 2.05) is 47.4 Å². The lowest BCUT2D eigenvalue weighted by atomic mass is 9.86. The van der Waals surface area contributed by atoms with Gasteiger partial charge in [0.2, 0.25) is 5.91 Å². The summed E-state index contributed by atoms with van der Waals surface area (Å²) in [5.74, 6) is -0.358. The lowest BCUT2D eigenvalue weighted by molar-refractivity contribution is -0.125. The zero-order valence-corrected chi connectivity index (χ0v) is 21.0. The minimum absolute atomic E-state index is 0.00421. The normalized spacial score (nSPS) is 26.5. The monoisotopic (exact) mass is 516 g/mol. The van der Waals surface area contributed by atoms with Crippen molar-refractivity contribution in [1.29, 1.82) is 0 Å². The molecule has 0 spiro atoms. The van der Waals surface area contributed by atoms with Crippen LogP contribution in [0.15, 0.2) is 71.9 Å². The number of benzene rings is 1. The van der Waals surface area contributed by atoms with Gasteiger partial charge in [-0.05, 0) is 37.6 Å². The molecule has 0 radical (unpaired) electrons. The molecule has 4 atom stereocenters. The van der Waals surface area contributed by atoms with Crippen LogP contribution in [0.3, 0.4) is 0 Å². The van der Waals surface area contributed by atoms with Gasteiger partial charge in [-0.15, -0.1) is 0 Å². The maximum absolute atomic E-state index is 13.5. The summed E-state index contributed by atoms with van der Waals surface area (Å²) in [6.07, 6.45) is 4.50. The van der Waals surface area contributed by atoms with Crippen LogP contribution < -0.4 is 20.9 Å². The topological polar surface area (TPSA) is 107 Å². The number of anilines is 1. The van der Waals surface area contributed by atoms with E-state index in [0.29, 0.717) is 30.1 Å². The van der Waals surface area contributed by atoms with Gasteiger partial charge in [-0.1, -0.05) is 48.7 Å². The van der Waals surface area contributed by atoms with E-state index >= 15 is 0 Å². The molecule has 3 fully saturated rings. The highest BCUT2D eigenvalue weighted by Gasteiger charge is 2.52. The lowest BCUT2D eigenvalue weighted by Gasteiger charge is -2.45. The summed E-state index contributed by atoms with van der Waals surface area (Å²) in [6.45, 7) is 5.35. The van der Waals surface area contributed by atoms with Crippen LogP contribution in [0.2, 0.25) is 0 Å². The highest BCUT2D eigenvalue weighted by Crippen LogP contribution is 2.48. The van der Waals surface area contributed by atoms with E-state index in [1.165, 1.54) is 17.8 Å². The molecule has 37 heavy (non-hydrogen) atoms. The Morgan fingerprint density at radius 1 is 1.19 bits per heavy atom. The summed E-state index contributed by atoms with van der Waals surface area (Å²) >= 11 is 1.48. The number of nitrogens with zero attached hydrogens (tertiary/aromatic N) is 3. The van der Waals surface area contributed by atoms with Gasteiger partial charge in [-0.2, -0.15) is 0 Å². The molecule has 5 heterocycles. The standard InChI is InChI=1S/C27H28N6O3S/c1-2-21(34)32-13-10-17(15-32)30-25(35)24-23-22-20(9-12-29-26(22)37-24)33(27(36)31-23)18-8-11-28-19(14-18)16-6-4-3-5-7-16/h2-8,11,14,17,20,22,26,29H,1,9-10,12-13,15H2,(H,30,35)(H,31,36)/t17-,20?,22?,26?/m1/s1. The van der Waals surface area contributed by atoms with Gasteiger partial charge in [-0.25, -0.2) is 4.79 Å². The molecule has 2 aromatic rings. The van der Waals surface area contributed by atoms with E-state index in [0.717, 1.165) is 29.9 Å². The molecule has 9 nitrogen and oxygen atoms in total. The Kier molecular flexibility index (Phi) is 6.21. The number of aromatic nitrogens is 1. The Hall–Kier alpha value is -3.63. The predicted octanol–water partition coefficient (Wildman–Crippen LogP) is 2.44. The van der Waals surface area contributed by atoms with Crippen molar-refractivity contribution in [3.63, 3.8) is 0 Å². The maximum Gasteiger partial charge on any atom is 0.326 e. The number of pyridine rings is 1. The minimum Gasteiger partial charge on any atom is -0.347 e. The third-order valence-electron chi connectivity index (χ3n) is 7.45. The number of likely N-dealkylation sites (tertiary alicyclic amines) is 1. The van der Waals surface area contributed by atoms with Crippen molar-refractivity contribution < 1.29 is 14.4 Å². The first-order chi connectivity index (χ1) is 18.0. The fourth-order valence-electron chi connectivity index (χ4n) is 5.72. The molecule has 1 aromatic carbocycles. The van der Waals surface area contributed by atoms with Crippen LogP contribution in [0.5, 0.6) is 0 Å². The largest absolute Gasteiger partial charge is 0.347 e. The van der Waals surface area contributed by atoms with Crippen molar-refractivity contribution >= 4 is 35.3 Å². The summed E-state index contributed by atoms with van der Waals surface area (Å²) in [4.78, 5) is 47.3. The number of amides is 4. The first-order valence-corrected chi connectivity index (χ1v) is 13.4. The number of hydrogen-bond donors (Lipinski definition) is 3. The van der Waals surface area contributed by atoms with Crippen molar-refractivity contribution in [2.75, 3.05) is 24.5 Å². The van der Waals surface area contributed by atoms with Crippen molar-refractivity contribution in [2.24, 2.45) is 5.92 Å². The number of nitrogens with one attached hydrogen (secondary N) is 3. The predicted molar refractivity (Wildman–Crippen MR) is 142 cm³/mol. The Bertz CT molecular complexity index is 1300. The van der Waals surface area contributed by atoms with Gasteiger partial charge >= 0.3 is 6.03 Å². The second-order valence-corrected chi connectivity index (χ2v) is 10.8. The molecule has 3 N–H and O–H groups in total. The Morgan fingerprint density at radius 2 is 2.03 bits per heavy atom. The van der Waals surface area contributed by atoms with Crippen LogP contribution in [0.4, 0.5) is 10.5 Å².